The Hall–Kier alpha value is -0.120. The van der Waals surface area contributed by atoms with Gasteiger partial charge in [-0.05, 0) is 72.9 Å². The van der Waals surface area contributed by atoms with Crippen LogP contribution < -0.4 is 5.32 Å². The number of rotatable bonds is 7. The molecule has 0 amide bonds. The van der Waals surface area contributed by atoms with E-state index < -0.39 is 0 Å². The minimum Gasteiger partial charge on any atom is -0.317 e. The van der Waals surface area contributed by atoms with Gasteiger partial charge in [-0.2, -0.15) is 0 Å². The maximum Gasteiger partial charge on any atom is 0.0113 e. The highest BCUT2D eigenvalue weighted by atomic mass is 15.2. The molecule has 1 aliphatic rings. The summed E-state index contributed by atoms with van der Waals surface area (Å²) < 4.78 is 0. The van der Waals surface area contributed by atoms with E-state index in [1.165, 1.54) is 45.3 Å². The molecular weight excluding hydrogens is 210 g/mol. The lowest BCUT2D eigenvalue weighted by Gasteiger charge is -2.38. The molecule has 0 aromatic carbocycles. The Morgan fingerprint density at radius 3 is 2.47 bits per heavy atom. The van der Waals surface area contributed by atoms with Crippen molar-refractivity contribution in [1.82, 2.24) is 15.1 Å². The van der Waals surface area contributed by atoms with E-state index in [-0.39, 0.29) is 0 Å². The fourth-order valence-electron chi connectivity index (χ4n) is 2.72. The highest BCUT2D eigenvalue weighted by Gasteiger charge is 2.23. The van der Waals surface area contributed by atoms with Crippen molar-refractivity contribution >= 4 is 0 Å². The molecule has 0 aromatic rings. The Morgan fingerprint density at radius 2 is 1.94 bits per heavy atom. The summed E-state index contributed by atoms with van der Waals surface area (Å²) in [6.07, 6.45) is 5.32. The van der Waals surface area contributed by atoms with Crippen molar-refractivity contribution < 1.29 is 0 Å². The molecule has 17 heavy (non-hydrogen) atoms. The molecule has 1 saturated heterocycles. The predicted octanol–water partition coefficient (Wildman–Crippen LogP) is 1.79. The molecular formula is C14H31N3. The first-order valence-corrected chi connectivity index (χ1v) is 7.26. The van der Waals surface area contributed by atoms with Gasteiger partial charge < -0.3 is 15.1 Å². The largest absolute Gasteiger partial charge is 0.317 e. The minimum absolute atomic E-state index is 0.761. The van der Waals surface area contributed by atoms with Crippen LogP contribution in [0.25, 0.3) is 0 Å². The van der Waals surface area contributed by atoms with E-state index >= 15 is 0 Å². The Labute approximate surface area is 108 Å². The fraction of sp³-hybridized carbons (Fsp3) is 1.00. The van der Waals surface area contributed by atoms with Gasteiger partial charge in [-0.3, -0.25) is 0 Å². The molecule has 102 valence electrons. The fourth-order valence-corrected chi connectivity index (χ4v) is 2.72. The monoisotopic (exact) mass is 241 g/mol. The topological polar surface area (TPSA) is 18.5 Å². The van der Waals surface area contributed by atoms with E-state index in [4.69, 9.17) is 0 Å². The summed E-state index contributed by atoms with van der Waals surface area (Å²) in [6, 6.07) is 1.57. The molecule has 0 spiro atoms. The number of hydrogen-bond acceptors (Lipinski definition) is 3. The van der Waals surface area contributed by atoms with E-state index in [1.54, 1.807) is 0 Å². The molecule has 1 unspecified atom stereocenters. The van der Waals surface area contributed by atoms with Crippen LogP contribution in [0, 0.1) is 0 Å². The van der Waals surface area contributed by atoms with Crippen LogP contribution in [0.4, 0.5) is 0 Å². The van der Waals surface area contributed by atoms with Crippen molar-refractivity contribution in [3.05, 3.63) is 0 Å². The second-order valence-corrected chi connectivity index (χ2v) is 5.58. The van der Waals surface area contributed by atoms with Crippen LogP contribution in [0.2, 0.25) is 0 Å². The van der Waals surface area contributed by atoms with Crippen molar-refractivity contribution in [2.45, 2.75) is 51.6 Å². The average Bonchev–Trinajstić information content (AvgIpc) is 2.34. The van der Waals surface area contributed by atoms with Crippen LogP contribution in [-0.2, 0) is 0 Å². The molecule has 1 rings (SSSR count). The van der Waals surface area contributed by atoms with Gasteiger partial charge >= 0.3 is 0 Å². The van der Waals surface area contributed by atoms with Gasteiger partial charge in [-0.15, -0.1) is 0 Å². The first-order valence-electron chi connectivity index (χ1n) is 7.26. The zero-order chi connectivity index (χ0) is 12.7. The zero-order valence-corrected chi connectivity index (χ0v) is 12.2. The van der Waals surface area contributed by atoms with Crippen LogP contribution in [0.5, 0.6) is 0 Å². The standard InChI is InChI=1S/C14H31N3/c1-5-15-10-6-7-13(2)17-11-8-14(9-12-17)16(3)4/h13-15H,5-12H2,1-4H3. The third-order valence-electron chi connectivity index (χ3n) is 4.08. The quantitative estimate of drug-likeness (QED) is 0.686. The summed E-state index contributed by atoms with van der Waals surface area (Å²) >= 11 is 0. The third kappa shape index (κ3) is 5.36. The molecule has 0 bridgehead atoms. The van der Waals surface area contributed by atoms with E-state index in [0.29, 0.717) is 0 Å². The van der Waals surface area contributed by atoms with Crippen molar-refractivity contribution in [3.8, 4) is 0 Å². The molecule has 0 aliphatic carbocycles. The minimum atomic E-state index is 0.761. The SMILES string of the molecule is CCNCCCC(C)N1CCC(N(C)C)CC1. The lowest BCUT2D eigenvalue weighted by molar-refractivity contribution is 0.110. The lowest BCUT2D eigenvalue weighted by Crippen LogP contribution is -2.45. The molecule has 0 aromatic heterocycles. The number of likely N-dealkylation sites (tertiary alicyclic amines) is 1. The Bertz CT molecular complexity index is 186. The molecule has 3 heteroatoms. The highest BCUT2D eigenvalue weighted by molar-refractivity contribution is 4.79. The van der Waals surface area contributed by atoms with Gasteiger partial charge in [-0.1, -0.05) is 6.92 Å². The summed E-state index contributed by atoms with van der Waals surface area (Å²) in [6.45, 7) is 9.41. The van der Waals surface area contributed by atoms with E-state index in [9.17, 15) is 0 Å². The summed E-state index contributed by atoms with van der Waals surface area (Å²) in [5, 5.41) is 3.40. The Balaban J connectivity index is 2.14. The van der Waals surface area contributed by atoms with Crippen LogP contribution >= 0.6 is 0 Å². The van der Waals surface area contributed by atoms with Crippen LogP contribution in [0.1, 0.15) is 39.5 Å². The number of piperidine rings is 1. The smallest absolute Gasteiger partial charge is 0.0113 e. The molecule has 3 nitrogen and oxygen atoms in total. The van der Waals surface area contributed by atoms with Crippen LogP contribution in [-0.4, -0.2) is 62.2 Å². The van der Waals surface area contributed by atoms with Gasteiger partial charge in [0.05, 0.1) is 0 Å². The first kappa shape index (κ1) is 14.9. The Kier molecular flexibility index (Phi) is 7.09. The average molecular weight is 241 g/mol. The normalized spacial score (nSPS) is 21.0. The first-order chi connectivity index (χ1) is 8.15. The summed E-state index contributed by atoms with van der Waals surface area (Å²) in [5.41, 5.74) is 0. The van der Waals surface area contributed by atoms with Crippen molar-refractivity contribution in [2.75, 3.05) is 40.3 Å². The van der Waals surface area contributed by atoms with Gasteiger partial charge in [-0.25, -0.2) is 0 Å². The second kappa shape index (κ2) is 8.06. The molecule has 0 saturated carbocycles. The van der Waals surface area contributed by atoms with Gasteiger partial charge in [0.1, 0.15) is 0 Å². The second-order valence-electron chi connectivity index (χ2n) is 5.58. The maximum atomic E-state index is 3.40. The molecule has 1 fully saturated rings. The van der Waals surface area contributed by atoms with Gasteiger partial charge in [0.25, 0.3) is 0 Å². The van der Waals surface area contributed by atoms with Crippen LogP contribution in [0.3, 0.4) is 0 Å². The summed E-state index contributed by atoms with van der Waals surface area (Å²) in [4.78, 5) is 5.05. The highest BCUT2D eigenvalue weighted by Crippen LogP contribution is 2.18. The number of hydrogen-bond donors (Lipinski definition) is 1. The lowest BCUT2D eigenvalue weighted by atomic mass is 10.0. The van der Waals surface area contributed by atoms with Crippen molar-refractivity contribution in [3.63, 3.8) is 0 Å². The van der Waals surface area contributed by atoms with Crippen molar-refractivity contribution in [2.24, 2.45) is 0 Å². The molecule has 1 aliphatic heterocycles. The molecule has 1 atom stereocenters. The summed E-state index contributed by atoms with van der Waals surface area (Å²) in [5.74, 6) is 0. The van der Waals surface area contributed by atoms with E-state index in [1.807, 2.05) is 0 Å². The van der Waals surface area contributed by atoms with E-state index in [2.05, 4.69) is 43.1 Å². The predicted molar refractivity (Wildman–Crippen MR) is 75.5 cm³/mol. The maximum absolute atomic E-state index is 3.40. The van der Waals surface area contributed by atoms with Gasteiger partial charge in [0, 0.05) is 12.1 Å². The number of nitrogens with zero attached hydrogens (tertiary/aromatic N) is 2. The summed E-state index contributed by atoms with van der Waals surface area (Å²) in [7, 11) is 4.42. The van der Waals surface area contributed by atoms with Crippen molar-refractivity contribution in [1.29, 1.82) is 0 Å². The van der Waals surface area contributed by atoms with Crippen LogP contribution in [0.15, 0.2) is 0 Å². The third-order valence-corrected chi connectivity index (χ3v) is 4.08. The molecule has 1 heterocycles. The zero-order valence-electron chi connectivity index (χ0n) is 12.2. The molecule has 0 radical (unpaired) electrons. The van der Waals surface area contributed by atoms with E-state index in [0.717, 1.165) is 18.6 Å². The Morgan fingerprint density at radius 1 is 1.29 bits per heavy atom. The number of nitrogens with one attached hydrogen (secondary N) is 1. The van der Waals surface area contributed by atoms with Gasteiger partial charge in [0.2, 0.25) is 0 Å². The molecule has 1 N–H and O–H groups in total. The van der Waals surface area contributed by atoms with Gasteiger partial charge in [0.15, 0.2) is 0 Å².